The number of aliphatic hydroxyl groups excluding tert-OH is 1. The molecule has 16 heavy (non-hydrogen) atoms. The molecule has 0 aromatic carbocycles. The Morgan fingerprint density at radius 3 is 2.50 bits per heavy atom. The average molecular weight is 225 g/mol. The molecule has 0 aliphatic carbocycles. The predicted octanol–water partition coefficient (Wildman–Crippen LogP) is 0.379. The van der Waals surface area contributed by atoms with Gasteiger partial charge >= 0.3 is 0 Å². The second-order valence-corrected chi connectivity index (χ2v) is 3.70. The van der Waals surface area contributed by atoms with Crippen molar-refractivity contribution in [1.82, 2.24) is 4.90 Å². The fourth-order valence-corrected chi connectivity index (χ4v) is 1.62. The molecule has 0 aromatic rings. The van der Waals surface area contributed by atoms with Crippen molar-refractivity contribution in [2.45, 2.75) is 38.3 Å². The van der Waals surface area contributed by atoms with Crippen LogP contribution in [-0.4, -0.2) is 33.8 Å². The lowest BCUT2D eigenvalue weighted by Crippen LogP contribution is -2.39. The SMILES string of the molecule is C=CC(=O)CCCC(O)N1C(=O)CCC1=O. The number of rotatable bonds is 6. The summed E-state index contributed by atoms with van der Waals surface area (Å²) in [4.78, 5) is 34.3. The highest BCUT2D eigenvalue weighted by atomic mass is 16.3. The summed E-state index contributed by atoms with van der Waals surface area (Å²) < 4.78 is 0. The maximum absolute atomic E-state index is 11.2. The zero-order chi connectivity index (χ0) is 12.1. The van der Waals surface area contributed by atoms with Gasteiger partial charge in [-0.25, -0.2) is 0 Å². The molecule has 5 heteroatoms. The summed E-state index contributed by atoms with van der Waals surface area (Å²) in [5.74, 6) is -0.786. The number of aliphatic hydroxyl groups is 1. The number of allylic oxidation sites excluding steroid dienone is 1. The number of carbonyl (C=O) groups excluding carboxylic acids is 3. The summed E-state index contributed by atoms with van der Waals surface area (Å²) in [5, 5.41) is 9.62. The Kier molecular flexibility index (Phi) is 4.37. The molecule has 0 spiro atoms. The molecular weight excluding hydrogens is 210 g/mol. The first kappa shape index (κ1) is 12.6. The first-order chi connectivity index (χ1) is 7.56. The van der Waals surface area contributed by atoms with E-state index in [0.717, 1.165) is 4.90 Å². The Hall–Kier alpha value is -1.49. The van der Waals surface area contributed by atoms with Gasteiger partial charge in [0.2, 0.25) is 11.8 Å². The van der Waals surface area contributed by atoms with E-state index >= 15 is 0 Å². The number of imide groups is 1. The Labute approximate surface area is 93.7 Å². The molecule has 1 atom stereocenters. The summed E-state index contributed by atoms with van der Waals surface area (Å²) in [6, 6.07) is 0. The molecule has 1 fully saturated rings. The Morgan fingerprint density at radius 1 is 1.44 bits per heavy atom. The third kappa shape index (κ3) is 3.00. The standard InChI is InChI=1S/C11H15NO4/c1-2-8(13)4-3-5-9(14)12-10(15)6-7-11(12)16/h2,9,14H,1,3-7H2. The van der Waals surface area contributed by atoms with Gasteiger partial charge in [-0.15, -0.1) is 0 Å². The molecule has 1 aliphatic rings. The summed E-state index contributed by atoms with van der Waals surface area (Å²) in [5.41, 5.74) is 0. The van der Waals surface area contributed by atoms with Gasteiger partial charge in [0, 0.05) is 19.3 Å². The van der Waals surface area contributed by atoms with Crippen LogP contribution in [0.25, 0.3) is 0 Å². The van der Waals surface area contributed by atoms with Crippen molar-refractivity contribution in [1.29, 1.82) is 0 Å². The lowest BCUT2D eigenvalue weighted by atomic mass is 10.1. The molecule has 0 bridgehead atoms. The van der Waals surface area contributed by atoms with Crippen LogP contribution in [0.1, 0.15) is 32.1 Å². The van der Waals surface area contributed by atoms with Gasteiger partial charge in [-0.05, 0) is 18.9 Å². The van der Waals surface area contributed by atoms with Crippen LogP contribution in [0.2, 0.25) is 0 Å². The highest BCUT2D eigenvalue weighted by Crippen LogP contribution is 2.17. The predicted molar refractivity (Wildman–Crippen MR) is 56.1 cm³/mol. The van der Waals surface area contributed by atoms with Crippen molar-refractivity contribution in [2.24, 2.45) is 0 Å². The third-order valence-electron chi connectivity index (χ3n) is 2.50. The van der Waals surface area contributed by atoms with Crippen LogP contribution in [0.15, 0.2) is 12.7 Å². The number of nitrogens with zero attached hydrogens (tertiary/aromatic N) is 1. The van der Waals surface area contributed by atoms with Crippen molar-refractivity contribution in [2.75, 3.05) is 0 Å². The van der Waals surface area contributed by atoms with E-state index in [1.54, 1.807) is 0 Å². The molecule has 1 unspecified atom stereocenters. The van der Waals surface area contributed by atoms with E-state index < -0.39 is 6.23 Å². The zero-order valence-electron chi connectivity index (χ0n) is 9.02. The Morgan fingerprint density at radius 2 is 2.00 bits per heavy atom. The summed E-state index contributed by atoms with van der Waals surface area (Å²) >= 11 is 0. The fourth-order valence-electron chi connectivity index (χ4n) is 1.62. The second kappa shape index (κ2) is 5.55. The van der Waals surface area contributed by atoms with Gasteiger partial charge in [0.25, 0.3) is 0 Å². The van der Waals surface area contributed by atoms with Crippen LogP contribution in [0.4, 0.5) is 0 Å². The van der Waals surface area contributed by atoms with E-state index in [4.69, 9.17) is 0 Å². The van der Waals surface area contributed by atoms with E-state index in [-0.39, 0.29) is 43.3 Å². The fraction of sp³-hybridized carbons (Fsp3) is 0.545. The first-order valence-corrected chi connectivity index (χ1v) is 5.24. The number of hydrogen-bond donors (Lipinski definition) is 1. The van der Waals surface area contributed by atoms with Gasteiger partial charge in [-0.2, -0.15) is 0 Å². The van der Waals surface area contributed by atoms with E-state index in [1.165, 1.54) is 6.08 Å². The van der Waals surface area contributed by atoms with Crippen LogP contribution in [0.3, 0.4) is 0 Å². The molecule has 88 valence electrons. The van der Waals surface area contributed by atoms with Gasteiger partial charge in [-0.3, -0.25) is 19.3 Å². The molecule has 1 aliphatic heterocycles. The van der Waals surface area contributed by atoms with E-state index in [9.17, 15) is 19.5 Å². The topological polar surface area (TPSA) is 74.7 Å². The van der Waals surface area contributed by atoms with Crippen molar-refractivity contribution in [3.63, 3.8) is 0 Å². The molecule has 1 heterocycles. The Bertz CT molecular complexity index is 308. The molecule has 1 N–H and O–H groups in total. The smallest absolute Gasteiger partial charge is 0.231 e. The highest BCUT2D eigenvalue weighted by Gasteiger charge is 2.33. The van der Waals surface area contributed by atoms with Crippen molar-refractivity contribution in [3.8, 4) is 0 Å². The molecule has 0 aromatic heterocycles. The normalized spacial score (nSPS) is 17.7. The molecule has 2 amide bonds. The highest BCUT2D eigenvalue weighted by molar-refractivity contribution is 6.02. The lowest BCUT2D eigenvalue weighted by Gasteiger charge is -2.20. The van der Waals surface area contributed by atoms with Crippen LogP contribution >= 0.6 is 0 Å². The van der Waals surface area contributed by atoms with Crippen molar-refractivity contribution in [3.05, 3.63) is 12.7 Å². The quantitative estimate of drug-likeness (QED) is 0.524. The molecule has 5 nitrogen and oxygen atoms in total. The number of carbonyl (C=O) groups is 3. The van der Waals surface area contributed by atoms with Crippen LogP contribution < -0.4 is 0 Å². The van der Waals surface area contributed by atoms with Gasteiger partial charge in [0.1, 0.15) is 6.23 Å². The number of ketones is 1. The van der Waals surface area contributed by atoms with E-state index in [2.05, 4.69) is 6.58 Å². The second-order valence-electron chi connectivity index (χ2n) is 3.70. The van der Waals surface area contributed by atoms with Crippen LogP contribution in [-0.2, 0) is 14.4 Å². The minimum atomic E-state index is -1.10. The molecule has 1 rings (SSSR count). The van der Waals surface area contributed by atoms with Gasteiger partial charge < -0.3 is 5.11 Å². The van der Waals surface area contributed by atoms with Gasteiger partial charge in [-0.1, -0.05) is 6.58 Å². The molecule has 1 saturated heterocycles. The van der Waals surface area contributed by atoms with Crippen LogP contribution in [0.5, 0.6) is 0 Å². The monoisotopic (exact) mass is 225 g/mol. The van der Waals surface area contributed by atoms with Crippen molar-refractivity contribution < 1.29 is 19.5 Å². The Balaban J connectivity index is 2.37. The van der Waals surface area contributed by atoms with Gasteiger partial charge in [0.15, 0.2) is 5.78 Å². The van der Waals surface area contributed by atoms with Gasteiger partial charge in [0.05, 0.1) is 0 Å². The largest absolute Gasteiger partial charge is 0.373 e. The summed E-state index contributed by atoms with van der Waals surface area (Å²) in [6.07, 6.45) is 1.40. The number of hydrogen-bond acceptors (Lipinski definition) is 4. The van der Waals surface area contributed by atoms with E-state index in [1.807, 2.05) is 0 Å². The molecule has 0 radical (unpaired) electrons. The molecule has 0 saturated carbocycles. The maximum atomic E-state index is 11.2. The first-order valence-electron chi connectivity index (χ1n) is 5.24. The number of amides is 2. The minimum absolute atomic E-state index is 0.105. The summed E-state index contributed by atoms with van der Waals surface area (Å²) in [7, 11) is 0. The third-order valence-corrected chi connectivity index (χ3v) is 2.50. The number of likely N-dealkylation sites (tertiary alicyclic amines) is 1. The maximum Gasteiger partial charge on any atom is 0.231 e. The molecular formula is C11H15NO4. The minimum Gasteiger partial charge on any atom is -0.373 e. The van der Waals surface area contributed by atoms with E-state index in [0.29, 0.717) is 6.42 Å². The lowest BCUT2D eigenvalue weighted by molar-refractivity contribution is -0.149. The average Bonchev–Trinajstić information content (AvgIpc) is 2.58. The summed E-state index contributed by atoms with van der Waals surface area (Å²) in [6.45, 7) is 3.33. The zero-order valence-corrected chi connectivity index (χ0v) is 9.02. The van der Waals surface area contributed by atoms with Crippen molar-refractivity contribution >= 4 is 17.6 Å². The van der Waals surface area contributed by atoms with Crippen LogP contribution in [0, 0.1) is 0 Å².